The Bertz CT molecular complexity index is 1850. The number of allylic oxidation sites excluding steroid dienone is 1. The van der Waals surface area contributed by atoms with Crippen LogP contribution in [0.25, 0.3) is 11.1 Å². The molecule has 0 saturated carbocycles. The van der Waals surface area contributed by atoms with E-state index in [0.717, 1.165) is 33.4 Å². The summed E-state index contributed by atoms with van der Waals surface area (Å²) in [5, 5.41) is 15.4. The lowest BCUT2D eigenvalue weighted by molar-refractivity contribution is -0.147. The fourth-order valence-corrected chi connectivity index (χ4v) is 6.98. The van der Waals surface area contributed by atoms with Crippen LogP contribution in [0.1, 0.15) is 47.4 Å². The summed E-state index contributed by atoms with van der Waals surface area (Å²) in [6.07, 6.45) is 3.33. The first kappa shape index (κ1) is 37.0. The molecule has 10 heteroatoms. The minimum atomic E-state index is -1.04. The third-order valence-corrected chi connectivity index (χ3v) is 9.71. The number of hydrogen-bond acceptors (Lipinski definition) is 7. The number of nitrogens with one attached hydrogen (secondary N) is 2. The predicted molar refractivity (Wildman–Crippen MR) is 200 cm³/mol. The number of alkyl carbamates (subject to hydrolysis) is 1. The molecule has 1 aliphatic heterocycles. The fraction of sp³-hybridized carbons (Fsp3) is 0.302. The van der Waals surface area contributed by atoms with Crippen LogP contribution in [0.3, 0.4) is 0 Å². The molecule has 6 rings (SSSR count). The van der Waals surface area contributed by atoms with Crippen LogP contribution in [0.4, 0.5) is 4.79 Å². The Morgan fingerprint density at radius 1 is 0.811 bits per heavy atom. The van der Waals surface area contributed by atoms with Gasteiger partial charge in [-0.05, 0) is 52.6 Å². The van der Waals surface area contributed by atoms with E-state index in [-0.39, 0.29) is 63.4 Å². The number of esters is 1. The summed E-state index contributed by atoms with van der Waals surface area (Å²) in [6, 6.07) is 33.5. The van der Waals surface area contributed by atoms with Crippen LogP contribution in [-0.2, 0) is 36.8 Å². The molecule has 4 aromatic rings. The van der Waals surface area contributed by atoms with E-state index in [2.05, 4.69) is 22.8 Å². The molecule has 0 aromatic heterocycles. The number of amides is 3. The molecule has 0 unspecified atom stereocenters. The summed E-state index contributed by atoms with van der Waals surface area (Å²) in [7, 11) is 0. The first-order chi connectivity index (χ1) is 25.9. The monoisotopic (exact) mass is 715 g/mol. The second-order valence-electron chi connectivity index (χ2n) is 13.4. The fourth-order valence-electron chi connectivity index (χ4n) is 6.98. The highest BCUT2D eigenvalue weighted by Crippen LogP contribution is 2.44. The highest BCUT2D eigenvalue weighted by Gasteiger charge is 2.31. The number of hydrogen-bond donors (Lipinski definition) is 3. The van der Waals surface area contributed by atoms with E-state index >= 15 is 0 Å². The smallest absolute Gasteiger partial charge is 0.407 e. The Kier molecular flexibility index (Phi) is 12.7. The van der Waals surface area contributed by atoms with Crippen LogP contribution in [0, 0.1) is 5.92 Å². The first-order valence-electron chi connectivity index (χ1n) is 18.1. The zero-order valence-electron chi connectivity index (χ0n) is 29.6. The van der Waals surface area contributed by atoms with Crippen LogP contribution in [0.5, 0.6) is 0 Å². The van der Waals surface area contributed by atoms with Crippen molar-refractivity contribution in [3.8, 4) is 11.1 Å². The van der Waals surface area contributed by atoms with Gasteiger partial charge < -0.3 is 30.1 Å². The van der Waals surface area contributed by atoms with E-state index in [9.17, 15) is 24.3 Å². The quantitative estimate of drug-likeness (QED) is 0.137. The first-order valence-corrected chi connectivity index (χ1v) is 18.1. The van der Waals surface area contributed by atoms with Gasteiger partial charge in [-0.25, -0.2) is 9.59 Å². The van der Waals surface area contributed by atoms with Gasteiger partial charge in [0.05, 0.1) is 18.6 Å². The van der Waals surface area contributed by atoms with Crippen LogP contribution in [-0.4, -0.2) is 72.3 Å². The van der Waals surface area contributed by atoms with Crippen molar-refractivity contribution in [3.63, 3.8) is 0 Å². The Hall–Kier alpha value is -5.74. The average molecular weight is 716 g/mol. The van der Waals surface area contributed by atoms with Crippen molar-refractivity contribution in [2.24, 2.45) is 5.92 Å². The third kappa shape index (κ3) is 9.78. The summed E-state index contributed by atoms with van der Waals surface area (Å²) < 4.78 is 11.4. The minimum absolute atomic E-state index is 0.0811. The Morgan fingerprint density at radius 3 is 2.08 bits per heavy atom. The number of aliphatic hydroxyl groups excluding tert-OH is 1. The zero-order valence-corrected chi connectivity index (χ0v) is 29.6. The molecule has 53 heavy (non-hydrogen) atoms. The van der Waals surface area contributed by atoms with E-state index in [0.29, 0.717) is 13.0 Å². The molecular formula is C43H45N3O7. The molecule has 3 atom stereocenters. The molecule has 0 saturated heterocycles. The van der Waals surface area contributed by atoms with Crippen molar-refractivity contribution in [2.75, 3.05) is 26.4 Å². The summed E-state index contributed by atoms with van der Waals surface area (Å²) >= 11 is 0. The number of carbonyl (C=O) groups excluding carboxylic acids is 4. The maximum atomic E-state index is 13.8. The number of cyclic esters (lactones) is 1. The Labute approximate surface area is 309 Å². The number of fused-ring (bicyclic) bond motifs is 3. The van der Waals surface area contributed by atoms with Gasteiger partial charge in [-0.2, -0.15) is 0 Å². The molecule has 0 bridgehead atoms. The van der Waals surface area contributed by atoms with Crippen LogP contribution in [0.15, 0.2) is 121 Å². The SMILES string of the molecule is O=C(N[C@@H]1C/C=C\C[C@@H](CC(=O)N(CCO)Cc2ccccc2)C(=O)N[C@H](Cc2ccccc2)COC1=O)OCC1c2ccccc2-c2ccccc21. The summed E-state index contributed by atoms with van der Waals surface area (Å²) in [6.45, 7) is 0.180. The van der Waals surface area contributed by atoms with Gasteiger partial charge in [-0.3, -0.25) is 9.59 Å². The van der Waals surface area contributed by atoms with E-state index in [1.807, 2.05) is 97.1 Å². The molecular weight excluding hydrogens is 670 g/mol. The summed E-state index contributed by atoms with van der Waals surface area (Å²) in [5.74, 6) is -2.11. The molecule has 1 heterocycles. The molecule has 2 aliphatic rings. The molecule has 0 radical (unpaired) electrons. The molecule has 0 spiro atoms. The van der Waals surface area contributed by atoms with Gasteiger partial charge in [0, 0.05) is 25.4 Å². The minimum Gasteiger partial charge on any atom is -0.462 e. The maximum absolute atomic E-state index is 13.8. The molecule has 4 aromatic carbocycles. The van der Waals surface area contributed by atoms with Gasteiger partial charge in [0.2, 0.25) is 11.8 Å². The predicted octanol–water partition coefficient (Wildman–Crippen LogP) is 5.54. The highest BCUT2D eigenvalue weighted by atomic mass is 16.6. The lowest BCUT2D eigenvalue weighted by Gasteiger charge is -2.27. The highest BCUT2D eigenvalue weighted by molar-refractivity contribution is 5.86. The van der Waals surface area contributed by atoms with E-state index in [4.69, 9.17) is 9.47 Å². The number of ether oxygens (including phenoxy) is 2. The molecule has 274 valence electrons. The van der Waals surface area contributed by atoms with Crippen molar-refractivity contribution in [1.29, 1.82) is 0 Å². The largest absolute Gasteiger partial charge is 0.462 e. The van der Waals surface area contributed by atoms with Crippen molar-refractivity contribution in [2.45, 2.75) is 50.2 Å². The summed E-state index contributed by atoms with van der Waals surface area (Å²) in [5.41, 5.74) is 6.22. The lowest BCUT2D eigenvalue weighted by Crippen LogP contribution is -2.47. The van der Waals surface area contributed by atoms with E-state index < -0.39 is 30.1 Å². The zero-order chi connectivity index (χ0) is 37.0. The maximum Gasteiger partial charge on any atom is 0.407 e. The van der Waals surface area contributed by atoms with Gasteiger partial charge in [-0.15, -0.1) is 0 Å². The van der Waals surface area contributed by atoms with Gasteiger partial charge in [0.15, 0.2) is 0 Å². The number of carbonyl (C=O) groups is 4. The molecule has 10 nitrogen and oxygen atoms in total. The molecule has 1 aliphatic carbocycles. The van der Waals surface area contributed by atoms with Gasteiger partial charge >= 0.3 is 12.1 Å². The van der Waals surface area contributed by atoms with Gasteiger partial charge in [0.1, 0.15) is 19.3 Å². The Morgan fingerprint density at radius 2 is 1.42 bits per heavy atom. The average Bonchev–Trinajstić information content (AvgIpc) is 3.50. The summed E-state index contributed by atoms with van der Waals surface area (Å²) in [4.78, 5) is 55.5. The van der Waals surface area contributed by atoms with Crippen LogP contribution in [0.2, 0.25) is 0 Å². The molecule has 0 fully saturated rings. The molecule has 3 amide bonds. The van der Waals surface area contributed by atoms with E-state index in [1.54, 1.807) is 17.1 Å². The number of benzene rings is 4. The van der Waals surface area contributed by atoms with Crippen molar-refractivity contribution >= 4 is 23.9 Å². The van der Waals surface area contributed by atoms with Gasteiger partial charge in [0.25, 0.3) is 0 Å². The van der Waals surface area contributed by atoms with Crippen molar-refractivity contribution in [1.82, 2.24) is 15.5 Å². The normalized spacial score (nSPS) is 19.3. The topological polar surface area (TPSA) is 134 Å². The molecule has 3 N–H and O–H groups in total. The second-order valence-corrected chi connectivity index (χ2v) is 13.4. The number of rotatable bonds is 11. The lowest BCUT2D eigenvalue weighted by atomic mass is 9.97. The Balaban J connectivity index is 1.15. The number of aliphatic hydroxyl groups is 1. The van der Waals surface area contributed by atoms with Gasteiger partial charge in [-0.1, -0.05) is 121 Å². The van der Waals surface area contributed by atoms with Crippen LogP contribution >= 0.6 is 0 Å². The standard InChI is InChI=1S/C43H45N3O7/c47-24-23-46(27-31-15-5-2-6-16-31)40(48)26-32-17-7-12-22-39(42(50)52-28-33(44-41(32)49)25-30-13-3-1-4-14-30)45-43(51)53-29-38-36-20-10-8-18-34(36)35-19-9-11-21-37(35)38/h1-16,18-21,32-33,38-39,47H,17,22-29H2,(H,44,49)(H,45,51)/b12-7-/t32-,33+,39+/m0/s1. The van der Waals surface area contributed by atoms with Crippen molar-refractivity contribution in [3.05, 3.63) is 144 Å². The third-order valence-electron chi connectivity index (χ3n) is 9.71. The van der Waals surface area contributed by atoms with Crippen molar-refractivity contribution < 1.29 is 33.8 Å². The van der Waals surface area contributed by atoms with Crippen LogP contribution < -0.4 is 10.6 Å². The second kappa shape index (κ2) is 18.1. The van der Waals surface area contributed by atoms with E-state index in [1.165, 1.54) is 0 Å². The number of nitrogens with zero attached hydrogens (tertiary/aromatic N) is 1.